The smallest absolute Gasteiger partial charge is 0.259 e. The number of rotatable bonds is 14. The number of carbonyl (C=O) groups excluding carboxylic acids is 3. The summed E-state index contributed by atoms with van der Waals surface area (Å²) in [5, 5.41) is 6.90. The number of amides is 3. The van der Waals surface area contributed by atoms with Gasteiger partial charge in [-0.1, -0.05) is 38.4 Å². The van der Waals surface area contributed by atoms with Gasteiger partial charge in [0, 0.05) is 40.7 Å². The number of likely N-dealkylation sites (tertiary alicyclic amines) is 1. The minimum atomic E-state index is -3.95. The third-order valence-electron chi connectivity index (χ3n) is 10.3. The first kappa shape index (κ1) is 41.7. The van der Waals surface area contributed by atoms with Crippen molar-refractivity contribution < 1.29 is 42.1 Å². The highest BCUT2D eigenvalue weighted by molar-refractivity contribution is 7.91. The average Bonchev–Trinajstić information content (AvgIpc) is 4.09. The summed E-state index contributed by atoms with van der Waals surface area (Å²) in [5.74, 6) is -2.09. The predicted molar refractivity (Wildman–Crippen MR) is 220 cm³/mol. The first-order valence-corrected chi connectivity index (χ1v) is 22.2. The zero-order valence-electron chi connectivity index (χ0n) is 34.3. The second-order valence-corrected chi connectivity index (χ2v) is 21.0. The van der Waals surface area contributed by atoms with E-state index >= 15 is 0 Å². The fourth-order valence-electron chi connectivity index (χ4n) is 7.09. The van der Waals surface area contributed by atoms with Crippen molar-refractivity contribution in [1.29, 1.82) is 0 Å². The van der Waals surface area contributed by atoms with Crippen LogP contribution in [0, 0.1) is 11.3 Å². The van der Waals surface area contributed by atoms with Crippen LogP contribution in [-0.2, 0) is 34.4 Å². The first-order valence-electron chi connectivity index (χ1n) is 19.5. The van der Waals surface area contributed by atoms with Gasteiger partial charge in [0.15, 0.2) is 0 Å². The van der Waals surface area contributed by atoms with E-state index < -0.39 is 83.6 Å². The van der Waals surface area contributed by atoms with Gasteiger partial charge in [-0.2, -0.15) is 0 Å². The van der Waals surface area contributed by atoms with Gasteiger partial charge in [0.2, 0.25) is 37.7 Å². The Morgan fingerprint density at radius 1 is 1.07 bits per heavy atom. The lowest BCUT2D eigenvalue weighted by molar-refractivity contribution is -0.141. The molecular formula is C40H51ClN6O9S2. The number of hydrogen-bond acceptors (Lipinski definition) is 11. The minimum absolute atomic E-state index is 0.0126. The number of hydrogen-bond donors (Lipinski definition) is 4. The number of halogens is 1. The number of ether oxygens (including phenoxy) is 2. The number of pyridine rings is 1. The first-order chi connectivity index (χ1) is 27.5. The lowest BCUT2D eigenvalue weighted by Gasteiger charge is -2.36. The van der Waals surface area contributed by atoms with Gasteiger partial charge in [0.05, 0.1) is 30.0 Å². The van der Waals surface area contributed by atoms with Crippen LogP contribution in [0.3, 0.4) is 0 Å². The van der Waals surface area contributed by atoms with E-state index in [4.69, 9.17) is 22.4 Å². The largest absolute Gasteiger partial charge is 0.494 e. The van der Waals surface area contributed by atoms with Crippen LogP contribution in [0.4, 0.5) is 5.69 Å². The Hall–Kier alpha value is -4.45. The lowest BCUT2D eigenvalue weighted by atomic mass is 9.85. The molecule has 1 aliphatic heterocycles. The predicted octanol–water partition coefficient (Wildman–Crippen LogP) is 4.52. The Morgan fingerprint density at radius 3 is 2.34 bits per heavy atom. The minimum Gasteiger partial charge on any atom is -0.494 e. The van der Waals surface area contributed by atoms with Crippen LogP contribution >= 0.6 is 11.6 Å². The van der Waals surface area contributed by atoms with Crippen LogP contribution in [0.15, 0.2) is 66.2 Å². The molecule has 3 fully saturated rings. The van der Waals surface area contributed by atoms with E-state index in [2.05, 4.69) is 31.6 Å². The van der Waals surface area contributed by atoms with Gasteiger partial charge in [0.25, 0.3) is 5.91 Å². The van der Waals surface area contributed by atoms with E-state index in [0.29, 0.717) is 40.1 Å². The maximum Gasteiger partial charge on any atom is 0.259 e. The summed E-state index contributed by atoms with van der Waals surface area (Å²) in [6, 6.07) is 8.61. The van der Waals surface area contributed by atoms with E-state index in [1.807, 2.05) is 0 Å². The summed E-state index contributed by atoms with van der Waals surface area (Å²) in [4.78, 5) is 48.8. The summed E-state index contributed by atoms with van der Waals surface area (Å²) in [6.45, 7) is 12.1. The zero-order chi connectivity index (χ0) is 43.3. The Labute approximate surface area is 346 Å². The molecule has 5 atom stereocenters. The van der Waals surface area contributed by atoms with Gasteiger partial charge < -0.3 is 25.0 Å². The van der Waals surface area contributed by atoms with Crippen LogP contribution in [-0.4, -0.2) is 92.6 Å². The van der Waals surface area contributed by atoms with E-state index in [-0.39, 0.29) is 37.1 Å². The Bertz CT molecular complexity index is 2370. The molecule has 4 N–H and O–H groups in total. The SMILES string of the molecule is [2H]CC(C)(C)[C@H](Nc1ccc(S(=O)(=O)NC(C)(C)C)cc1)C(=O)N1C[C@H](Oc2ncc(OC)c3ccc(Cl)cc23)C[C@H]1C(=O)N[C@]1(C(=O)NS(=O)(=O)C2CC2)C[C@H]1C=C. The molecule has 1 aromatic heterocycles. The molecular weight excluding hydrogens is 808 g/mol. The van der Waals surface area contributed by atoms with Crippen molar-refractivity contribution in [3.8, 4) is 11.6 Å². The highest BCUT2D eigenvalue weighted by Crippen LogP contribution is 2.46. The summed E-state index contributed by atoms with van der Waals surface area (Å²) in [6.07, 6.45) is 3.06. The molecule has 2 aliphatic carbocycles. The third-order valence-corrected chi connectivity index (χ3v) is 14.1. The molecule has 15 nitrogen and oxygen atoms in total. The fourth-order valence-corrected chi connectivity index (χ4v) is 10.0. The number of aromatic nitrogens is 1. The standard InChI is InChI=1S/C40H51ClN6O9S2/c1-9-23-20-40(23,37(50)45-57(51,52)27-15-16-27)44-34(48)31-19-26(56-35-30-18-24(41)10-17-29(30)32(55-8)21-42-35)22-47(31)36(49)33(38(2,3)4)43-25-11-13-28(14-12-25)58(53,54)46-39(5,6)7/h9-14,17-18,21,23,26-27,31,33,43,46H,1,15-16,19-20,22H2,2-8H3,(H,44,48)(H,45,50)/t23-,26-,31+,33-,40-/m1/s1/i2D. The van der Waals surface area contributed by atoms with Crippen LogP contribution in [0.25, 0.3) is 10.8 Å². The molecule has 2 saturated carbocycles. The van der Waals surface area contributed by atoms with Crippen molar-refractivity contribution in [3.05, 3.63) is 66.3 Å². The summed E-state index contributed by atoms with van der Waals surface area (Å²) >= 11 is 6.36. The van der Waals surface area contributed by atoms with Crippen molar-refractivity contribution in [2.45, 2.75) is 107 Å². The number of nitrogens with one attached hydrogen (secondary N) is 4. The van der Waals surface area contributed by atoms with E-state index in [1.165, 1.54) is 48.5 Å². The van der Waals surface area contributed by atoms with Crippen molar-refractivity contribution in [3.63, 3.8) is 0 Å². The van der Waals surface area contributed by atoms with Gasteiger partial charge in [-0.15, -0.1) is 6.58 Å². The Morgan fingerprint density at radius 2 is 1.76 bits per heavy atom. The molecule has 0 bridgehead atoms. The molecule has 18 heteroatoms. The normalized spacial score (nSPS) is 23.1. The second kappa shape index (κ2) is 15.6. The maximum atomic E-state index is 14.9. The summed E-state index contributed by atoms with van der Waals surface area (Å²) in [5.41, 5.74) is -2.99. The van der Waals surface area contributed by atoms with Crippen LogP contribution < -0.4 is 29.6 Å². The number of benzene rings is 2. The van der Waals surface area contributed by atoms with Crippen molar-refractivity contribution in [1.82, 2.24) is 24.6 Å². The molecule has 3 amide bonds. The van der Waals surface area contributed by atoms with Crippen molar-refractivity contribution in [2.75, 3.05) is 19.0 Å². The summed E-state index contributed by atoms with van der Waals surface area (Å²) < 4.78 is 76.6. The number of fused-ring (bicyclic) bond motifs is 1. The zero-order valence-corrected chi connectivity index (χ0v) is 35.7. The number of anilines is 1. The molecule has 3 aromatic rings. The quantitative estimate of drug-likeness (QED) is 0.166. The van der Waals surface area contributed by atoms with Gasteiger partial charge in [-0.25, -0.2) is 26.5 Å². The molecule has 0 spiro atoms. The Kier molecular flexibility index (Phi) is 11.2. The maximum absolute atomic E-state index is 14.9. The molecule has 58 heavy (non-hydrogen) atoms. The number of sulfonamides is 2. The second-order valence-electron chi connectivity index (χ2n) is 16.9. The Balaban J connectivity index is 1.33. The van der Waals surface area contributed by atoms with Crippen molar-refractivity contribution >= 4 is 65.8 Å². The van der Waals surface area contributed by atoms with Crippen molar-refractivity contribution in [2.24, 2.45) is 11.3 Å². The monoisotopic (exact) mass is 859 g/mol. The van der Waals surface area contributed by atoms with Gasteiger partial charge in [-0.3, -0.25) is 19.1 Å². The van der Waals surface area contributed by atoms with Crippen LogP contribution in [0.2, 0.25) is 5.02 Å². The molecule has 0 radical (unpaired) electrons. The molecule has 6 rings (SSSR count). The third kappa shape index (κ3) is 9.22. The van der Waals surface area contributed by atoms with Crippen LogP contribution in [0.5, 0.6) is 11.6 Å². The van der Waals surface area contributed by atoms with E-state index in [9.17, 15) is 31.2 Å². The number of methoxy groups -OCH3 is 1. The van der Waals surface area contributed by atoms with Gasteiger partial charge >= 0.3 is 0 Å². The van der Waals surface area contributed by atoms with Gasteiger partial charge in [-0.05, 0) is 87.9 Å². The number of carbonyl (C=O) groups is 3. The van der Waals surface area contributed by atoms with Crippen LogP contribution in [0.1, 0.15) is 68.6 Å². The molecule has 1 saturated heterocycles. The molecule has 2 aromatic carbocycles. The highest BCUT2D eigenvalue weighted by Gasteiger charge is 2.62. The fraction of sp³-hybridized carbons (Fsp3) is 0.500. The highest BCUT2D eigenvalue weighted by atomic mass is 35.5. The molecule has 3 aliphatic rings. The molecule has 0 unspecified atom stereocenters. The molecule has 2 heterocycles. The lowest BCUT2D eigenvalue weighted by Crippen LogP contribution is -2.58. The topological polar surface area (TPSA) is 202 Å². The molecule has 314 valence electrons. The number of nitrogens with zero attached hydrogens (tertiary/aromatic N) is 2. The van der Waals surface area contributed by atoms with E-state index in [0.717, 1.165) is 0 Å². The van der Waals surface area contributed by atoms with Gasteiger partial charge in [0.1, 0.15) is 29.5 Å². The summed E-state index contributed by atoms with van der Waals surface area (Å²) in [7, 11) is -6.30. The average molecular weight is 860 g/mol. The van der Waals surface area contributed by atoms with E-state index in [1.54, 1.807) is 52.8 Å².